The summed E-state index contributed by atoms with van der Waals surface area (Å²) in [6.07, 6.45) is 2.47. The van der Waals surface area contributed by atoms with Gasteiger partial charge < -0.3 is 4.74 Å². The molecule has 0 spiro atoms. The summed E-state index contributed by atoms with van der Waals surface area (Å²) in [5, 5.41) is 5.30. The van der Waals surface area contributed by atoms with Gasteiger partial charge in [0.05, 0.1) is 24.4 Å². The maximum absolute atomic E-state index is 6.13. The second kappa shape index (κ2) is 8.50. The van der Waals surface area contributed by atoms with Crippen LogP contribution in [-0.4, -0.2) is 28.3 Å². The molecule has 156 valence electrons. The molecule has 0 saturated heterocycles. The summed E-state index contributed by atoms with van der Waals surface area (Å²) in [5.74, 6) is 1.97. The number of hydrogen-bond acceptors (Lipinski definition) is 5. The Morgan fingerprint density at radius 3 is 2.57 bits per heavy atom. The minimum atomic E-state index is -0.263. The third-order valence-corrected chi connectivity index (χ3v) is 4.96. The zero-order chi connectivity index (χ0) is 21.1. The number of amidine groups is 1. The number of aromatic nitrogens is 2. The number of rotatable bonds is 5. The zero-order valence-corrected chi connectivity index (χ0v) is 18.1. The molecule has 4 rings (SSSR count). The number of aliphatic imine (C=N–C) groups is 1. The second-order valence-corrected chi connectivity index (χ2v) is 8.67. The third-order valence-electron chi connectivity index (χ3n) is 4.71. The van der Waals surface area contributed by atoms with E-state index in [2.05, 4.69) is 31.3 Å². The van der Waals surface area contributed by atoms with Crippen molar-refractivity contribution < 1.29 is 9.57 Å². The molecule has 1 unspecified atom stereocenters. The second-order valence-electron chi connectivity index (χ2n) is 8.23. The van der Waals surface area contributed by atoms with Crippen molar-refractivity contribution in [3.05, 3.63) is 77.1 Å². The van der Waals surface area contributed by atoms with Gasteiger partial charge in [-0.05, 0) is 57.0 Å². The number of benzene rings is 2. The van der Waals surface area contributed by atoms with Crippen LogP contribution in [0, 0.1) is 0 Å². The van der Waals surface area contributed by atoms with Gasteiger partial charge in [-0.25, -0.2) is 5.48 Å². The number of hydrogen-bond donors (Lipinski definition) is 1. The van der Waals surface area contributed by atoms with Gasteiger partial charge in [-0.15, -0.1) is 0 Å². The largest absolute Gasteiger partial charge is 0.453 e. The monoisotopic (exact) mass is 424 g/mol. The average molecular weight is 425 g/mol. The van der Waals surface area contributed by atoms with Gasteiger partial charge in [-0.1, -0.05) is 41.9 Å². The van der Waals surface area contributed by atoms with E-state index in [9.17, 15) is 0 Å². The van der Waals surface area contributed by atoms with Crippen LogP contribution in [-0.2, 0) is 16.8 Å². The molecule has 2 heterocycles. The molecule has 1 aliphatic rings. The number of para-hydroxylation sites is 1. The van der Waals surface area contributed by atoms with E-state index >= 15 is 0 Å². The van der Waals surface area contributed by atoms with Crippen LogP contribution in [0.4, 0.5) is 0 Å². The van der Waals surface area contributed by atoms with Crippen LogP contribution in [0.25, 0.3) is 0 Å². The summed E-state index contributed by atoms with van der Waals surface area (Å²) in [6.45, 7) is 6.74. The van der Waals surface area contributed by atoms with Crippen molar-refractivity contribution in [3.63, 3.8) is 0 Å². The van der Waals surface area contributed by atoms with E-state index in [1.807, 2.05) is 59.3 Å². The number of ether oxygens (including phenoxy) is 1. The quantitative estimate of drug-likeness (QED) is 0.627. The Hall–Kier alpha value is -2.83. The normalized spacial score (nSPS) is 16.7. The fourth-order valence-corrected chi connectivity index (χ4v) is 3.43. The Kier molecular flexibility index (Phi) is 5.79. The van der Waals surface area contributed by atoms with E-state index < -0.39 is 0 Å². The standard InChI is InChI=1S/C23H25ClN4O2/c1-23(2,3)28-21(20(14-25-28)30-19-7-5-4-6-8-19)22-26-18(15-29-27-22)13-16-9-11-17(24)12-10-16/h4-12,14,18H,13,15H2,1-3H3,(H,26,27). The first kappa shape index (κ1) is 20.4. The molecular weight excluding hydrogens is 400 g/mol. The van der Waals surface area contributed by atoms with Crippen molar-refractivity contribution in [3.8, 4) is 11.5 Å². The van der Waals surface area contributed by atoms with Crippen LogP contribution in [0.5, 0.6) is 11.5 Å². The fourth-order valence-electron chi connectivity index (χ4n) is 3.31. The first-order valence-corrected chi connectivity index (χ1v) is 10.3. The zero-order valence-electron chi connectivity index (χ0n) is 17.3. The maximum atomic E-state index is 6.13. The van der Waals surface area contributed by atoms with E-state index in [0.29, 0.717) is 18.2 Å². The molecule has 0 fully saturated rings. The third kappa shape index (κ3) is 4.66. The Balaban J connectivity index is 1.67. The van der Waals surface area contributed by atoms with Crippen LogP contribution in [0.15, 0.2) is 65.8 Å². The van der Waals surface area contributed by atoms with Crippen LogP contribution in [0.3, 0.4) is 0 Å². The lowest BCUT2D eigenvalue weighted by molar-refractivity contribution is 0.0617. The lowest BCUT2D eigenvalue weighted by atomic mass is 10.1. The van der Waals surface area contributed by atoms with Crippen LogP contribution in [0.1, 0.15) is 32.0 Å². The van der Waals surface area contributed by atoms with Gasteiger partial charge in [0.25, 0.3) is 0 Å². The van der Waals surface area contributed by atoms with Crippen molar-refractivity contribution in [1.82, 2.24) is 15.3 Å². The summed E-state index contributed by atoms with van der Waals surface area (Å²) >= 11 is 6.00. The minimum Gasteiger partial charge on any atom is -0.453 e. The lowest BCUT2D eigenvalue weighted by Crippen LogP contribution is -2.39. The number of hydroxylamine groups is 1. The van der Waals surface area contributed by atoms with Crippen LogP contribution >= 0.6 is 11.6 Å². The minimum absolute atomic E-state index is 0.0321. The van der Waals surface area contributed by atoms with Gasteiger partial charge in [-0.3, -0.25) is 14.5 Å². The molecule has 0 saturated carbocycles. The molecule has 1 aromatic heterocycles. The van der Waals surface area contributed by atoms with Crippen molar-refractivity contribution in [2.45, 2.75) is 38.8 Å². The molecule has 0 aliphatic carbocycles. The summed E-state index contributed by atoms with van der Waals surface area (Å²) in [7, 11) is 0. The Morgan fingerprint density at radius 1 is 1.13 bits per heavy atom. The molecule has 30 heavy (non-hydrogen) atoms. The summed E-state index contributed by atoms with van der Waals surface area (Å²) in [6, 6.07) is 17.4. The van der Waals surface area contributed by atoms with Crippen molar-refractivity contribution in [2.24, 2.45) is 4.99 Å². The Morgan fingerprint density at radius 2 is 1.87 bits per heavy atom. The maximum Gasteiger partial charge on any atom is 0.176 e. The summed E-state index contributed by atoms with van der Waals surface area (Å²) in [5.41, 5.74) is 4.62. The molecular formula is C23H25ClN4O2. The highest BCUT2D eigenvalue weighted by Gasteiger charge is 2.28. The van der Waals surface area contributed by atoms with E-state index in [0.717, 1.165) is 28.5 Å². The van der Waals surface area contributed by atoms with E-state index in [-0.39, 0.29) is 11.6 Å². The first-order valence-electron chi connectivity index (χ1n) is 9.92. The predicted octanol–water partition coefficient (Wildman–Crippen LogP) is 4.98. The van der Waals surface area contributed by atoms with E-state index in [1.54, 1.807) is 6.20 Å². The summed E-state index contributed by atoms with van der Waals surface area (Å²) in [4.78, 5) is 10.6. The van der Waals surface area contributed by atoms with Crippen LogP contribution in [0.2, 0.25) is 5.02 Å². The van der Waals surface area contributed by atoms with E-state index in [4.69, 9.17) is 26.2 Å². The molecule has 3 aromatic rings. The molecule has 0 radical (unpaired) electrons. The SMILES string of the molecule is CC(C)(C)n1ncc(Oc2ccccc2)c1C1=NC(Cc2ccc(Cl)cc2)CON1. The molecule has 7 heteroatoms. The van der Waals surface area contributed by atoms with Gasteiger partial charge in [0.2, 0.25) is 0 Å². The molecule has 1 aliphatic heterocycles. The Bertz CT molecular complexity index is 1020. The number of nitrogens with one attached hydrogen (secondary N) is 1. The smallest absolute Gasteiger partial charge is 0.176 e. The van der Waals surface area contributed by atoms with Gasteiger partial charge in [0, 0.05) is 5.02 Å². The fraction of sp³-hybridized carbons (Fsp3) is 0.304. The highest BCUT2D eigenvalue weighted by atomic mass is 35.5. The number of halogens is 1. The summed E-state index contributed by atoms with van der Waals surface area (Å²) < 4.78 is 8.04. The number of nitrogens with zero attached hydrogens (tertiary/aromatic N) is 3. The molecule has 0 amide bonds. The van der Waals surface area contributed by atoms with Gasteiger partial charge in [0.15, 0.2) is 11.6 Å². The molecule has 2 aromatic carbocycles. The van der Waals surface area contributed by atoms with Crippen molar-refractivity contribution >= 4 is 17.4 Å². The predicted molar refractivity (Wildman–Crippen MR) is 118 cm³/mol. The van der Waals surface area contributed by atoms with Crippen molar-refractivity contribution in [2.75, 3.05) is 6.61 Å². The van der Waals surface area contributed by atoms with Crippen molar-refractivity contribution in [1.29, 1.82) is 0 Å². The molecule has 6 nitrogen and oxygen atoms in total. The molecule has 0 bridgehead atoms. The topological polar surface area (TPSA) is 60.7 Å². The highest BCUT2D eigenvalue weighted by Crippen LogP contribution is 2.30. The Labute approximate surface area is 181 Å². The molecule has 1 N–H and O–H groups in total. The molecule has 1 atom stereocenters. The highest BCUT2D eigenvalue weighted by molar-refractivity contribution is 6.30. The van der Waals surface area contributed by atoms with Gasteiger partial charge in [-0.2, -0.15) is 5.10 Å². The van der Waals surface area contributed by atoms with Gasteiger partial charge >= 0.3 is 0 Å². The van der Waals surface area contributed by atoms with Gasteiger partial charge in [0.1, 0.15) is 11.4 Å². The first-order chi connectivity index (χ1) is 14.4. The van der Waals surface area contributed by atoms with E-state index in [1.165, 1.54) is 0 Å². The lowest BCUT2D eigenvalue weighted by Gasteiger charge is -2.27. The van der Waals surface area contributed by atoms with Crippen LogP contribution < -0.4 is 10.2 Å². The average Bonchev–Trinajstić information content (AvgIpc) is 3.15.